The Balaban J connectivity index is 2.15. The van der Waals surface area contributed by atoms with Crippen LogP contribution in [0.15, 0.2) is 0 Å². The second-order valence-corrected chi connectivity index (χ2v) is 6.64. The summed E-state index contributed by atoms with van der Waals surface area (Å²) in [5, 5.41) is 9.17. The summed E-state index contributed by atoms with van der Waals surface area (Å²) < 4.78 is 5.67. The summed E-state index contributed by atoms with van der Waals surface area (Å²) in [4.78, 5) is 23.5. The molecule has 2 heterocycles. The minimum Gasteiger partial charge on any atom is -0.481 e. The lowest BCUT2D eigenvalue weighted by Crippen LogP contribution is -2.58. The molecule has 0 aromatic carbocycles. The number of carbonyl (C=O) groups is 2. The molecule has 5 nitrogen and oxygen atoms in total. The molecule has 2 aliphatic rings. The molecular weight excluding hydrogens is 234 g/mol. The van der Waals surface area contributed by atoms with Crippen LogP contribution in [-0.2, 0) is 9.53 Å². The number of carbonyl (C=O) groups excluding carboxylic acids is 1. The fourth-order valence-electron chi connectivity index (χ4n) is 3.14. The van der Waals surface area contributed by atoms with Crippen molar-refractivity contribution in [2.45, 2.75) is 39.2 Å². The number of carboxylic acids is 1. The third-order valence-electron chi connectivity index (χ3n) is 3.89. The predicted molar refractivity (Wildman–Crippen MR) is 64.9 cm³/mol. The van der Waals surface area contributed by atoms with Gasteiger partial charge in [-0.3, -0.25) is 4.79 Å². The Kier molecular flexibility index (Phi) is 3.13. The number of ether oxygens (including phenoxy) is 1. The van der Waals surface area contributed by atoms with Crippen molar-refractivity contribution >= 4 is 12.1 Å². The number of nitrogens with zero attached hydrogens (tertiary/aromatic N) is 1. The highest BCUT2D eigenvalue weighted by Crippen LogP contribution is 2.38. The molecular formula is C13H22NO4+. The maximum Gasteiger partial charge on any atom is 0.516 e. The molecule has 2 saturated heterocycles. The molecule has 0 radical (unpaired) electrons. The third-order valence-corrected chi connectivity index (χ3v) is 3.89. The molecule has 0 aliphatic carbocycles. The minimum atomic E-state index is -0.785. The van der Waals surface area contributed by atoms with Gasteiger partial charge in [0.2, 0.25) is 0 Å². The summed E-state index contributed by atoms with van der Waals surface area (Å²) in [5.41, 5.74) is -0.516. The summed E-state index contributed by atoms with van der Waals surface area (Å²) in [6.07, 6.45) is 1.39. The van der Waals surface area contributed by atoms with E-state index in [4.69, 9.17) is 9.84 Å². The molecule has 2 bridgehead atoms. The first kappa shape index (κ1) is 13.3. The van der Waals surface area contributed by atoms with Crippen LogP contribution >= 0.6 is 0 Å². The van der Waals surface area contributed by atoms with Crippen LogP contribution in [0.2, 0.25) is 0 Å². The minimum absolute atomic E-state index is 0.207. The number of aliphatic carboxylic acids is 1. The highest BCUT2D eigenvalue weighted by Gasteiger charge is 2.54. The van der Waals surface area contributed by atoms with E-state index in [2.05, 4.69) is 0 Å². The van der Waals surface area contributed by atoms with Crippen LogP contribution < -0.4 is 0 Å². The van der Waals surface area contributed by atoms with E-state index in [0.717, 1.165) is 19.5 Å². The van der Waals surface area contributed by atoms with E-state index in [0.29, 0.717) is 18.9 Å². The monoisotopic (exact) mass is 256 g/mol. The Morgan fingerprint density at radius 2 is 1.94 bits per heavy atom. The van der Waals surface area contributed by atoms with E-state index in [1.54, 1.807) is 0 Å². The van der Waals surface area contributed by atoms with E-state index < -0.39 is 17.5 Å². The molecule has 0 aromatic heterocycles. The molecule has 2 fully saturated rings. The summed E-state index contributed by atoms with van der Waals surface area (Å²) in [6.45, 7) is 7.39. The standard InChI is InChI=1S/C13H21NO4/c1-13(2,3)18-12(17)14-5-4-9(7-14)6-10(8-14)11(15)16/h9-10H,4-8H2,1-3H3/p+1. The van der Waals surface area contributed by atoms with Crippen LogP contribution in [0.4, 0.5) is 4.79 Å². The maximum atomic E-state index is 12.3. The average Bonchev–Trinajstić information content (AvgIpc) is 2.52. The quantitative estimate of drug-likeness (QED) is 0.727. The van der Waals surface area contributed by atoms with E-state index in [9.17, 15) is 9.59 Å². The molecule has 2 aliphatic heterocycles. The lowest BCUT2D eigenvalue weighted by atomic mass is 9.90. The van der Waals surface area contributed by atoms with Gasteiger partial charge in [-0.25, -0.2) is 4.48 Å². The topological polar surface area (TPSA) is 63.6 Å². The first-order valence-corrected chi connectivity index (χ1v) is 6.54. The SMILES string of the molecule is CC(C)(C)OC(=O)[N+]12CCC(CC(C(=O)O)C1)C2. The van der Waals surface area contributed by atoms with Crippen molar-refractivity contribution < 1.29 is 23.9 Å². The number of fused-ring (bicyclic) bond motifs is 2. The zero-order valence-corrected chi connectivity index (χ0v) is 11.3. The van der Waals surface area contributed by atoms with Crippen LogP contribution in [0.5, 0.6) is 0 Å². The molecule has 5 heteroatoms. The van der Waals surface area contributed by atoms with Crippen LogP contribution in [0.25, 0.3) is 0 Å². The van der Waals surface area contributed by atoms with Crippen molar-refractivity contribution in [3.63, 3.8) is 0 Å². The van der Waals surface area contributed by atoms with Crippen molar-refractivity contribution in [2.24, 2.45) is 11.8 Å². The van der Waals surface area contributed by atoms with Gasteiger partial charge < -0.3 is 9.84 Å². The molecule has 2 rings (SSSR count). The van der Waals surface area contributed by atoms with Gasteiger partial charge in [-0.1, -0.05) is 0 Å². The lowest BCUT2D eigenvalue weighted by molar-refractivity contribution is -0.854. The second kappa shape index (κ2) is 4.23. The normalized spacial score (nSPS) is 35.3. The number of carboxylic acid groups (broad SMARTS) is 1. The zero-order chi connectivity index (χ0) is 13.6. The number of amides is 1. The van der Waals surface area contributed by atoms with Crippen molar-refractivity contribution in [3.05, 3.63) is 0 Å². The molecule has 1 N–H and O–H groups in total. The predicted octanol–water partition coefficient (Wildman–Crippen LogP) is 1.86. The second-order valence-electron chi connectivity index (χ2n) is 6.64. The molecule has 0 spiro atoms. The van der Waals surface area contributed by atoms with Crippen LogP contribution in [-0.4, -0.2) is 46.9 Å². The lowest BCUT2D eigenvalue weighted by Gasteiger charge is -2.37. The molecule has 3 unspecified atom stereocenters. The van der Waals surface area contributed by atoms with E-state index in [1.807, 2.05) is 20.8 Å². The van der Waals surface area contributed by atoms with Crippen molar-refractivity contribution in [1.29, 1.82) is 0 Å². The van der Waals surface area contributed by atoms with E-state index in [1.165, 1.54) is 0 Å². The zero-order valence-electron chi connectivity index (χ0n) is 11.3. The smallest absolute Gasteiger partial charge is 0.481 e. The Labute approximate surface area is 107 Å². The van der Waals surface area contributed by atoms with E-state index >= 15 is 0 Å². The van der Waals surface area contributed by atoms with Gasteiger partial charge in [0, 0.05) is 12.3 Å². The molecule has 0 saturated carbocycles. The largest absolute Gasteiger partial charge is 0.516 e. The maximum absolute atomic E-state index is 12.3. The third kappa shape index (κ3) is 2.51. The Morgan fingerprint density at radius 1 is 1.28 bits per heavy atom. The van der Waals surface area contributed by atoms with Gasteiger partial charge in [-0.15, -0.1) is 0 Å². The van der Waals surface area contributed by atoms with Gasteiger partial charge in [0.05, 0.1) is 13.1 Å². The fraction of sp³-hybridized carbons (Fsp3) is 0.846. The summed E-state index contributed by atoms with van der Waals surface area (Å²) >= 11 is 0. The molecule has 102 valence electrons. The van der Waals surface area contributed by atoms with Crippen molar-refractivity contribution in [1.82, 2.24) is 0 Å². The fourth-order valence-corrected chi connectivity index (χ4v) is 3.14. The Hall–Kier alpha value is -1.10. The van der Waals surface area contributed by atoms with Crippen LogP contribution in [0.3, 0.4) is 0 Å². The highest BCUT2D eigenvalue weighted by molar-refractivity contribution is 5.71. The molecule has 3 atom stereocenters. The Bertz CT molecular complexity index is 374. The first-order valence-electron chi connectivity index (χ1n) is 6.54. The number of quaternary nitrogens is 1. The first-order chi connectivity index (χ1) is 8.22. The molecule has 18 heavy (non-hydrogen) atoms. The number of hydrogen-bond acceptors (Lipinski definition) is 3. The summed E-state index contributed by atoms with van der Waals surface area (Å²) in [7, 11) is 0. The average molecular weight is 256 g/mol. The summed E-state index contributed by atoms with van der Waals surface area (Å²) in [6, 6.07) is 0. The van der Waals surface area contributed by atoms with Crippen LogP contribution in [0.1, 0.15) is 33.6 Å². The van der Waals surface area contributed by atoms with Gasteiger partial charge >= 0.3 is 12.1 Å². The number of rotatable bonds is 1. The van der Waals surface area contributed by atoms with Gasteiger partial charge in [0.15, 0.2) is 0 Å². The number of piperidine rings is 1. The Morgan fingerprint density at radius 3 is 2.50 bits per heavy atom. The van der Waals surface area contributed by atoms with Gasteiger partial charge in [-0.2, -0.15) is 4.79 Å². The molecule has 1 amide bonds. The van der Waals surface area contributed by atoms with Gasteiger partial charge in [0.1, 0.15) is 18.1 Å². The summed E-state index contributed by atoms with van der Waals surface area (Å²) in [5.74, 6) is -0.834. The molecule has 0 aromatic rings. The van der Waals surface area contributed by atoms with Gasteiger partial charge in [-0.05, 0) is 27.2 Å². The van der Waals surface area contributed by atoms with Crippen molar-refractivity contribution in [3.8, 4) is 0 Å². The van der Waals surface area contributed by atoms with Crippen molar-refractivity contribution in [2.75, 3.05) is 19.6 Å². The van der Waals surface area contributed by atoms with E-state index in [-0.39, 0.29) is 10.6 Å². The van der Waals surface area contributed by atoms with Gasteiger partial charge in [0.25, 0.3) is 0 Å². The highest BCUT2D eigenvalue weighted by atomic mass is 16.6. The van der Waals surface area contributed by atoms with Crippen LogP contribution in [0, 0.1) is 11.8 Å². The number of hydrogen-bond donors (Lipinski definition) is 1.